The Hall–Kier alpha value is -0.730. The van der Waals surface area contributed by atoms with E-state index in [-0.39, 0.29) is 0 Å². The monoisotopic (exact) mass is 193 g/mol. The molecule has 0 aliphatic heterocycles. The van der Waals surface area contributed by atoms with Gasteiger partial charge in [-0.1, -0.05) is 30.4 Å². The van der Waals surface area contributed by atoms with E-state index in [1.165, 1.54) is 10.5 Å². The zero-order chi connectivity index (χ0) is 9.52. The van der Waals surface area contributed by atoms with Crippen LogP contribution >= 0.6 is 11.8 Å². The number of rotatable bonds is 5. The minimum Gasteiger partial charge on any atom is -0.316 e. The molecule has 0 atom stereocenters. The largest absolute Gasteiger partial charge is 0.316 e. The summed E-state index contributed by atoms with van der Waals surface area (Å²) >= 11 is 1.83. The van der Waals surface area contributed by atoms with E-state index < -0.39 is 0 Å². The van der Waals surface area contributed by atoms with Crippen LogP contribution < -0.4 is 5.32 Å². The molecule has 0 radical (unpaired) electrons. The molecule has 0 aliphatic carbocycles. The Balaban J connectivity index is 2.31. The van der Waals surface area contributed by atoms with Crippen LogP contribution in [0.1, 0.15) is 0 Å². The summed E-state index contributed by atoms with van der Waals surface area (Å²) in [5.41, 5.74) is 1.23. The Bertz CT molecular complexity index is 256. The van der Waals surface area contributed by atoms with Crippen LogP contribution in [0.15, 0.2) is 47.4 Å². The van der Waals surface area contributed by atoms with Crippen molar-refractivity contribution in [3.8, 4) is 0 Å². The Kier molecular flexibility index (Phi) is 4.65. The molecule has 1 aromatic rings. The third-order valence-corrected chi connectivity index (χ3v) is 2.77. The second-order valence-electron chi connectivity index (χ2n) is 2.88. The average Bonchev–Trinajstić information content (AvgIpc) is 2.17. The maximum Gasteiger partial charge on any atom is 0.0200 e. The highest BCUT2D eigenvalue weighted by atomic mass is 32.2. The first-order valence-electron chi connectivity index (χ1n) is 4.32. The number of nitrogens with one attached hydrogen (secondary N) is 1. The van der Waals surface area contributed by atoms with Crippen LogP contribution in [0.4, 0.5) is 0 Å². The topological polar surface area (TPSA) is 12.0 Å². The smallest absolute Gasteiger partial charge is 0.0200 e. The minimum absolute atomic E-state index is 0.903. The minimum atomic E-state index is 0.903. The number of thioether (sulfide) groups is 1. The summed E-state index contributed by atoms with van der Waals surface area (Å²) in [7, 11) is 1.94. The standard InChI is InChI=1S/C11H15NS/c1-10(8-12-2)9-13-11-6-4-3-5-7-11/h3-7,12H,1,8-9H2,2H3. The first kappa shape index (κ1) is 10.4. The van der Waals surface area contributed by atoms with Crippen LogP contribution in [0.2, 0.25) is 0 Å². The lowest BCUT2D eigenvalue weighted by atomic mass is 10.3. The van der Waals surface area contributed by atoms with Crippen LogP contribution in [0.5, 0.6) is 0 Å². The lowest BCUT2D eigenvalue weighted by Crippen LogP contribution is -2.10. The van der Waals surface area contributed by atoms with Gasteiger partial charge in [0.05, 0.1) is 0 Å². The molecule has 0 aromatic heterocycles. The fourth-order valence-corrected chi connectivity index (χ4v) is 1.83. The molecule has 0 bridgehead atoms. The molecule has 1 nitrogen and oxygen atoms in total. The molecule has 0 saturated carbocycles. The van der Waals surface area contributed by atoms with Crippen molar-refractivity contribution in [1.29, 1.82) is 0 Å². The molecular weight excluding hydrogens is 178 g/mol. The van der Waals surface area contributed by atoms with Crippen molar-refractivity contribution in [3.05, 3.63) is 42.5 Å². The first-order valence-corrected chi connectivity index (χ1v) is 5.30. The summed E-state index contributed by atoms with van der Waals surface area (Å²) < 4.78 is 0. The van der Waals surface area contributed by atoms with Crippen molar-refractivity contribution >= 4 is 11.8 Å². The van der Waals surface area contributed by atoms with Gasteiger partial charge in [0.2, 0.25) is 0 Å². The summed E-state index contributed by atoms with van der Waals surface area (Å²) in [4.78, 5) is 1.31. The SMILES string of the molecule is C=C(CNC)CSc1ccccc1. The lowest BCUT2D eigenvalue weighted by Gasteiger charge is -2.04. The van der Waals surface area contributed by atoms with Gasteiger partial charge >= 0.3 is 0 Å². The zero-order valence-electron chi connectivity index (χ0n) is 7.92. The normalized spacial score (nSPS) is 9.92. The van der Waals surface area contributed by atoms with E-state index in [4.69, 9.17) is 0 Å². The van der Waals surface area contributed by atoms with Crippen LogP contribution in [-0.4, -0.2) is 19.3 Å². The number of benzene rings is 1. The van der Waals surface area contributed by atoms with E-state index in [0.717, 1.165) is 12.3 Å². The van der Waals surface area contributed by atoms with Gasteiger partial charge in [0.1, 0.15) is 0 Å². The van der Waals surface area contributed by atoms with Crippen LogP contribution in [-0.2, 0) is 0 Å². The van der Waals surface area contributed by atoms with Gasteiger partial charge in [-0.3, -0.25) is 0 Å². The van der Waals surface area contributed by atoms with E-state index in [1.54, 1.807) is 0 Å². The Labute approximate surface area is 84.2 Å². The van der Waals surface area contributed by atoms with Crippen molar-refractivity contribution in [2.45, 2.75) is 4.90 Å². The summed E-state index contributed by atoms with van der Waals surface area (Å²) in [6.45, 7) is 4.88. The van der Waals surface area contributed by atoms with Crippen LogP contribution in [0, 0.1) is 0 Å². The molecule has 1 rings (SSSR count). The van der Waals surface area contributed by atoms with Gasteiger partial charge in [-0.05, 0) is 19.2 Å². The first-order chi connectivity index (χ1) is 6.33. The second kappa shape index (κ2) is 5.84. The third kappa shape index (κ3) is 4.15. The van der Waals surface area contributed by atoms with Crippen molar-refractivity contribution < 1.29 is 0 Å². The second-order valence-corrected chi connectivity index (χ2v) is 3.93. The van der Waals surface area contributed by atoms with Gasteiger partial charge in [-0.2, -0.15) is 0 Å². The van der Waals surface area contributed by atoms with Gasteiger partial charge in [0, 0.05) is 17.2 Å². The summed E-state index contributed by atoms with van der Waals surface area (Å²) in [5, 5.41) is 3.09. The lowest BCUT2D eigenvalue weighted by molar-refractivity contribution is 0.885. The maximum atomic E-state index is 3.98. The maximum absolute atomic E-state index is 3.98. The van der Waals surface area contributed by atoms with Gasteiger partial charge in [0.15, 0.2) is 0 Å². The predicted octanol–water partition coefficient (Wildman–Crippen LogP) is 2.55. The molecule has 2 heteroatoms. The van der Waals surface area contributed by atoms with Crippen molar-refractivity contribution in [2.24, 2.45) is 0 Å². The van der Waals surface area contributed by atoms with Crippen molar-refractivity contribution in [3.63, 3.8) is 0 Å². The molecule has 0 saturated heterocycles. The van der Waals surface area contributed by atoms with Gasteiger partial charge in [-0.25, -0.2) is 0 Å². The van der Waals surface area contributed by atoms with Gasteiger partial charge in [0.25, 0.3) is 0 Å². The number of hydrogen-bond acceptors (Lipinski definition) is 2. The molecule has 0 heterocycles. The quantitative estimate of drug-likeness (QED) is 0.570. The van der Waals surface area contributed by atoms with E-state index >= 15 is 0 Å². The Morgan fingerprint density at radius 2 is 2.08 bits per heavy atom. The summed E-state index contributed by atoms with van der Waals surface area (Å²) in [6, 6.07) is 10.4. The fourth-order valence-electron chi connectivity index (χ4n) is 1.00. The molecule has 0 spiro atoms. The molecule has 13 heavy (non-hydrogen) atoms. The molecule has 70 valence electrons. The highest BCUT2D eigenvalue weighted by Crippen LogP contribution is 2.18. The molecule has 1 aromatic carbocycles. The molecule has 0 fully saturated rings. The average molecular weight is 193 g/mol. The summed E-state index contributed by atoms with van der Waals surface area (Å²) in [5.74, 6) is 0.991. The predicted molar refractivity (Wildman–Crippen MR) is 60.2 cm³/mol. The number of likely N-dealkylation sites (N-methyl/N-ethyl adjacent to an activating group) is 1. The fraction of sp³-hybridized carbons (Fsp3) is 0.273. The Morgan fingerprint density at radius 3 is 2.69 bits per heavy atom. The van der Waals surface area contributed by atoms with Crippen LogP contribution in [0.25, 0.3) is 0 Å². The Morgan fingerprint density at radius 1 is 1.38 bits per heavy atom. The molecule has 0 amide bonds. The van der Waals surface area contributed by atoms with Crippen molar-refractivity contribution in [2.75, 3.05) is 19.3 Å². The summed E-state index contributed by atoms with van der Waals surface area (Å²) in [6.07, 6.45) is 0. The molecule has 0 aliphatic rings. The zero-order valence-corrected chi connectivity index (χ0v) is 8.73. The van der Waals surface area contributed by atoms with E-state index in [9.17, 15) is 0 Å². The molecular formula is C11H15NS. The molecule has 0 unspecified atom stereocenters. The highest BCUT2D eigenvalue weighted by Gasteiger charge is 1.94. The number of hydrogen-bond donors (Lipinski definition) is 1. The molecule has 1 N–H and O–H groups in total. The van der Waals surface area contributed by atoms with Gasteiger partial charge < -0.3 is 5.32 Å². The van der Waals surface area contributed by atoms with E-state index in [0.29, 0.717) is 0 Å². The van der Waals surface area contributed by atoms with E-state index in [2.05, 4.69) is 36.2 Å². The van der Waals surface area contributed by atoms with Crippen LogP contribution in [0.3, 0.4) is 0 Å². The van der Waals surface area contributed by atoms with Gasteiger partial charge in [-0.15, -0.1) is 11.8 Å². The highest BCUT2D eigenvalue weighted by molar-refractivity contribution is 7.99. The third-order valence-electron chi connectivity index (χ3n) is 1.61. The van der Waals surface area contributed by atoms with E-state index in [1.807, 2.05) is 24.9 Å². The van der Waals surface area contributed by atoms with Crippen molar-refractivity contribution in [1.82, 2.24) is 5.32 Å².